The van der Waals surface area contributed by atoms with Gasteiger partial charge in [0.15, 0.2) is 5.78 Å². The number of ketones is 1. The lowest BCUT2D eigenvalue weighted by Gasteiger charge is -2.14. The number of carbonyl (C=O) groups excluding carboxylic acids is 1. The highest BCUT2D eigenvalue weighted by molar-refractivity contribution is 9.10. The highest BCUT2D eigenvalue weighted by atomic mass is 79.9. The van der Waals surface area contributed by atoms with Gasteiger partial charge >= 0.3 is 6.36 Å². The van der Waals surface area contributed by atoms with Crippen molar-refractivity contribution in [2.45, 2.75) is 20.2 Å². The number of hydrogen-bond acceptors (Lipinski definition) is 2. The van der Waals surface area contributed by atoms with Crippen LogP contribution in [0.15, 0.2) is 16.6 Å². The molecule has 0 atom stereocenters. The van der Waals surface area contributed by atoms with Gasteiger partial charge in [0.2, 0.25) is 0 Å². The summed E-state index contributed by atoms with van der Waals surface area (Å²) >= 11 is 2.95. The average Bonchev–Trinajstić information content (AvgIpc) is 2.10. The molecule has 0 heterocycles. The minimum absolute atomic E-state index is 0.160. The van der Waals surface area contributed by atoms with Gasteiger partial charge < -0.3 is 4.74 Å². The summed E-state index contributed by atoms with van der Waals surface area (Å²) in [6.07, 6.45) is -4.78. The van der Waals surface area contributed by atoms with Crippen LogP contribution in [0.25, 0.3) is 0 Å². The minimum Gasteiger partial charge on any atom is -0.404 e. The van der Waals surface area contributed by atoms with Crippen molar-refractivity contribution >= 4 is 21.7 Å². The summed E-state index contributed by atoms with van der Waals surface area (Å²) < 4.78 is 40.3. The molecule has 0 aliphatic carbocycles. The molecule has 0 N–H and O–H groups in total. The van der Waals surface area contributed by atoms with Crippen LogP contribution in [0, 0.1) is 6.92 Å². The molecule has 16 heavy (non-hydrogen) atoms. The highest BCUT2D eigenvalue weighted by Gasteiger charge is 2.33. The number of Topliss-reactive ketones (excluding diaryl/α,β-unsaturated/α-hetero) is 1. The lowest BCUT2D eigenvalue weighted by Crippen LogP contribution is -2.18. The molecule has 0 aromatic heterocycles. The van der Waals surface area contributed by atoms with E-state index < -0.39 is 6.36 Å². The van der Waals surface area contributed by atoms with E-state index in [1.54, 1.807) is 0 Å². The molecule has 1 aromatic carbocycles. The van der Waals surface area contributed by atoms with E-state index in [9.17, 15) is 18.0 Å². The average molecular weight is 297 g/mol. The van der Waals surface area contributed by atoms with Gasteiger partial charge in [0.1, 0.15) is 5.75 Å². The van der Waals surface area contributed by atoms with Crippen molar-refractivity contribution in [1.29, 1.82) is 0 Å². The van der Waals surface area contributed by atoms with Crippen LogP contribution in [-0.4, -0.2) is 12.1 Å². The Morgan fingerprint density at radius 3 is 2.38 bits per heavy atom. The fourth-order valence-corrected chi connectivity index (χ4v) is 1.79. The molecule has 2 nitrogen and oxygen atoms in total. The van der Waals surface area contributed by atoms with Gasteiger partial charge in [-0.15, -0.1) is 13.2 Å². The SMILES string of the molecule is CC(=O)c1ccc(Br)c(OC(F)(F)F)c1C. The second-order valence-electron chi connectivity index (χ2n) is 3.15. The Kier molecular flexibility index (Phi) is 3.62. The molecule has 0 aliphatic heterocycles. The van der Waals surface area contributed by atoms with Gasteiger partial charge in [-0.3, -0.25) is 4.79 Å². The molecule has 0 saturated carbocycles. The second kappa shape index (κ2) is 4.45. The normalized spacial score (nSPS) is 11.4. The molecule has 1 aromatic rings. The van der Waals surface area contributed by atoms with E-state index in [0.717, 1.165) is 0 Å². The second-order valence-corrected chi connectivity index (χ2v) is 4.01. The molecule has 0 bridgehead atoms. The maximum atomic E-state index is 12.1. The molecular weight excluding hydrogens is 289 g/mol. The molecule has 88 valence electrons. The Morgan fingerprint density at radius 2 is 1.94 bits per heavy atom. The Bertz CT molecular complexity index is 427. The summed E-state index contributed by atoms with van der Waals surface area (Å²) in [5.41, 5.74) is 0.377. The Morgan fingerprint density at radius 1 is 1.38 bits per heavy atom. The van der Waals surface area contributed by atoms with Crippen LogP contribution < -0.4 is 4.74 Å². The number of carbonyl (C=O) groups is 1. The van der Waals surface area contributed by atoms with Gasteiger partial charge in [0.25, 0.3) is 0 Å². The standard InChI is InChI=1S/C10H8BrF3O2/c1-5-7(6(2)15)3-4-8(11)9(5)16-10(12,13)14/h3-4H,1-2H3. The van der Waals surface area contributed by atoms with E-state index in [2.05, 4.69) is 20.7 Å². The quantitative estimate of drug-likeness (QED) is 0.775. The highest BCUT2D eigenvalue weighted by Crippen LogP contribution is 2.35. The first-order valence-corrected chi connectivity index (χ1v) is 5.07. The molecule has 0 aliphatic rings. The number of ether oxygens (including phenoxy) is 1. The zero-order chi connectivity index (χ0) is 12.5. The molecule has 0 unspecified atom stereocenters. The van der Waals surface area contributed by atoms with Crippen LogP contribution in [-0.2, 0) is 0 Å². The third-order valence-corrected chi connectivity index (χ3v) is 2.58. The summed E-state index contributed by atoms with van der Waals surface area (Å²) in [6.45, 7) is 2.69. The summed E-state index contributed by atoms with van der Waals surface area (Å²) in [5.74, 6) is -0.683. The fraction of sp³-hybridized carbons (Fsp3) is 0.300. The van der Waals surface area contributed by atoms with Crippen molar-refractivity contribution in [3.8, 4) is 5.75 Å². The van der Waals surface area contributed by atoms with Crippen molar-refractivity contribution in [3.05, 3.63) is 27.7 Å². The first-order valence-electron chi connectivity index (χ1n) is 4.28. The third-order valence-electron chi connectivity index (χ3n) is 1.95. The first kappa shape index (κ1) is 13.0. The molecule has 0 radical (unpaired) electrons. The lowest BCUT2D eigenvalue weighted by atomic mass is 10.1. The summed E-state index contributed by atoms with van der Waals surface area (Å²) in [6, 6.07) is 2.80. The van der Waals surface area contributed by atoms with Gasteiger partial charge in [0, 0.05) is 11.1 Å². The first-order chi connectivity index (χ1) is 7.22. The number of alkyl halides is 3. The van der Waals surface area contributed by atoms with E-state index in [0.29, 0.717) is 0 Å². The van der Waals surface area contributed by atoms with Crippen molar-refractivity contribution in [3.63, 3.8) is 0 Å². The van der Waals surface area contributed by atoms with Gasteiger partial charge in [-0.1, -0.05) is 0 Å². The third kappa shape index (κ3) is 2.98. The molecule has 1 rings (SSSR count). The maximum Gasteiger partial charge on any atom is 0.573 e. The van der Waals surface area contributed by atoms with Gasteiger partial charge in [-0.2, -0.15) is 0 Å². The van der Waals surface area contributed by atoms with E-state index in [-0.39, 0.29) is 27.1 Å². The number of rotatable bonds is 2. The zero-order valence-corrected chi connectivity index (χ0v) is 10.1. The smallest absolute Gasteiger partial charge is 0.404 e. The van der Waals surface area contributed by atoms with Crippen LogP contribution in [0.4, 0.5) is 13.2 Å². The topological polar surface area (TPSA) is 26.3 Å². The molecule has 6 heteroatoms. The Hall–Kier alpha value is -1.04. The Balaban J connectivity index is 3.27. The van der Waals surface area contributed by atoms with Crippen LogP contribution in [0.5, 0.6) is 5.75 Å². The summed E-state index contributed by atoms with van der Waals surface area (Å²) in [5, 5.41) is 0. The molecule has 0 amide bonds. The number of halogens is 4. The van der Waals surface area contributed by atoms with E-state index in [1.165, 1.54) is 26.0 Å². The molecule has 0 spiro atoms. The van der Waals surface area contributed by atoms with Gasteiger partial charge in [-0.05, 0) is 41.9 Å². The molecule has 0 fully saturated rings. The van der Waals surface area contributed by atoms with Crippen LogP contribution in [0.2, 0.25) is 0 Å². The predicted molar refractivity (Wildman–Crippen MR) is 55.6 cm³/mol. The molecular formula is C10H8BrF3O2. The van der Waals surface area contributed by atoms with Crippen LogP contribution in [0.3, 0.4) is 0 Å². The lowest BCUT2D eigenvalue weighted by molar-refractivity contribution is -0.275. The van der Waals surface area contributed by atoms with E-state index in [4.69, 9.17) is 0 Å². The van der Waals surface area contributed by atoms with Gasteiger partial charge in [-0.25, -0.2) is 0 Å². The maximum absolute atomic E-state index is 12.1. The van der Waals surface area contributed by atoms with E-state index in [1.807, 2.05) is 0 Å². The predicted octanol–water partition coefficient (Wildman–Crippen LogP) is 3.86. The minimum atomic E-state index is -4.78. The zero-order valence-electron chi connectivity index (χ0n) is 8.48. The largest absolute Gasteiger partial charge is 0.573 e. The van der Waals surface area contributed by atoms with Gasteiger partial charge in [0.05, 0.1) is 4.47 Å². The molecule has 0 saturated heterocycles. The fourth-order valence-electron chi connectivity index (χ4n) is 1.28. The van der Waals surface area contributed by atoms with Crippen LogP contribution >= 0.6 is 15.9 Å². The number of benzene rings is 1. The van der Waals surface area contributed by atoms with Crippen molar-refractivity contribution in [2.24, 2.45) is 0 Å². The van der Waals surface area contributed by atoms with Crippen molar-refractivity contribution < 1.29 is 22.7 Å². The van der Waals surface area contributed by atoms with E-state index >= 15 is 0 Å². The summed E-state index contributed by atoms with van der Waals surface area (Å²) in [7, 11) is 0. The van der Waals surface area contributed by atoms with Crippen molar-refractivity contribution in [1.82, 2.24) is 0 Å². The monoisotopic (exact) mass is 296 g/mol. The Labute approximate surface area is 98.5 Å². The van der Waals surface area contributed by atoms with Crippen LogP contribution in [0.1, 0.15) is 22.8 Å². The summed E-state index contributed by atoms with van der Waals surface area (Å²) in [4.78, 5) is 11.1. The van der Waals surface area contributed by atoms with Crippen molar-refractivity contribution in [2.75, 3.05) is 0 Å². The number of hydrogen-bond donors (Lipinski definition) is 0.